The summed E-state index contributed by atoms with van der Waals surface area (Å²) in [5.74, 6) is 6.30. The Kier molecular flexibility index (Phi) is 5.06. The lowest BCUT2D eigenvalue weighted by molar-refractivity contribution is 0.304. The highest BCUT2D eigenvalue weighted by molar-refractivity contribution is 6.30. The molecule has 0 spiro atoms. The summed E-state index contributed by atoms with van der Waals surface area (Å²) >= 11 is 5.91. The zero-order valence-corrected chi connectivity index (χ0v) is 11.9. The summed E-state index contributed by atoms with van der Waals surface area (Å²) in [6.07, 6.45) is 0. The van der Waals surface area contributed by atoms with Crippen LogP contribution in [0.1, 0.15) is 16.7 Å². The van der Waals surface area contributed by atoms with Gasteiger partial charge < -0.3 is 9.84 Å². The number of aryl methyl sites for hydroxylation is 1. The van der Waals surface area contributed by atoms with E-state index in [4.69, 9.17) is 21.4 Å². The first-order valence-corrected chi connectivity index (χ1v) is 6.64. The molecule has 0 saturated carbocycles. The molecule has 2 aromatic rings. The highest BCUT2D eigenvalue weighted by atomic mass is 35.5. The zero-order chi connectivity index (χ0) is 14.4. The second-order valence-electron chi connectivity index (χ2n) is 4.36. The number of aliphatic hydroxyl groups is 1. The monoisotopic (exact) mass is 286 g/mol. The average molecular weight is 287 g/mol. The molecule has 102 valence electrons. The van der Waals surface area contributed by atoms with Crippen molar-refractivity contribution in [2.45, 2.75) is 13.5 Å². The fourth-order valence-corrected chi connectivity index (χ4v) is 1.99. The van der Waals surface area contributed by atoms with Crippen LogP contribution < -0.4 is 4.74 Å². The molecular formula is C17H15ClO2. The van der Waals surface area contributed by atoms with E-state index in [0.29, 0.717) is 11.6 Å². The third-order valence-electron chi connectivity index (χ3n) is 2.80. The van der Waals surface area contributed by atoms with Crippen LogP contribution in [0.3, 0.4) is 0 Å². The maximum atomic E-state index is 8.63. The van der Waals surface area contributed by atoms with Crippen LogP contribution >= 0.6 is 11.6 Å². The summed E-state index contributed by atoms with van der Waals surface area (Å²) in [5, 5.41) is 9.34. The molecule has 0 heterocycles. The van der Waals surface area contributed by atoms with E-state index in [2.05, 4.69) is 11.8 Å². The average Bonchev–Trinajstić information content (AvgIpc) is 2.45. The van der Waals surface area contributed by atoms with Crippen molar-refractivity contribution in [3.05, 3.63) is 64.2 Å². The van der Waals surface area contributed by atoms with Gasteiger partial charge in [0.25, 0.3) is 0 Å². The molecule has 2 nitrogen and oxygen atoms in total. The van der Waals surface area contributed by atoms with E-state index in [1.807, 2.05) is 49.4 Å². The Morgan fingerprint density at radius 3 is 2.55 bits per heavy atom. The molecule has 0 fully saturated rings. The molecule has 0 saturated heterocycles. The van der Waals surface area contributed by atoms with Crippen molar-refractivity contribution in [3.8, 4) is 17.6 Å². The summed E-state index contributed by atoms with van der Waals surface area (Å²) < 4.78 is 5.76. The predicted molar refractivity (Wildman–Crippen MR) is 80.9 cm³/mol. The van der Waals surface area contributed by atoms with Gasteiger partial charge in [0, 0.05) is 10.6 Å². The number of benzene rings is 2. The Morgan fingerprint density at radius 2 is 1.90 bits per heavy atom. The third-order valence-corrected chi connectivity index (χ3v) is 3.03. The van der Waals surface area contributed by atoms with Crippen LogP contribution in [0.15, 0.2) is 42.5 Å². The van der Waals surface area contributed by atoms with Crippen molar-refractivity contribution >= 4 is 11.6 Å². The Bertz CT molecular complexity index is 636. The first kappa shape index (κ1) is 14.5. The van der Waals surface area contributed by atoms with Crippen LogP contribution in [-0.2, 0) is 6.61 Å². The standard InChI is InChI=1S/C17H15ClO2/c1-13-11-16(18)8-9-17(13)20-12-15-6-4-14(5-7-15)3-2-10-19/h4-9,11,19H,10,12H2,1H3. The van der Waals surface area contributed by atoms with E-state index in [9.17, 15) is 0 Å². The molecule has 2 aromatic carbocycles. The van der Waals surface area contributed by atoms with E-state index in [1.165, 1.54) is 0 Å². The summed E-state index contributed by atoms with van der Waals surface area (Å²) in [6, 6.07) is 13.3. The number of aliphatic hydroxyl groups excluding tert-OH is 1. The Hall–Kier alpha value is -1.95. The second kappa shape index (κ2) is 7.00. The number of hydrogen-bond acceptors (Lipinski definition) is 2. The lowest BCUT2D eigenvalue weighted by Crippen LogP contribution is -1.97. The molecule has 1 N–H and O–H groups in total. The highest BCUT2D eigenvalue weighted by Gasteiger charge is 2.01. The van der Waals surface area contributed by atoms with Crippen molar-refractivity contribution in [1.29, 1.82) is 0 Å². The number of rotatable bonds is 3. The van der Waals surface area contributed by atoms with Crippen molar-refractivity contribution in [3.63, 3.8) is 0 Å². The van der Waals surface area contributed by atoms with Crippen molar-refractivity contribution in [2.75, 3.05) is 6.61 Å². The molecular weight excluding hydrogens is 272 g/mol. The van der Waals surface area contributed by atoms with Gasteiger partial charge in [-0.05, 0) is 48.4 Å². The lowest BCUT2D eigenvalue weighted by atomic mass is 10.1. The summed E-state index contributed by atoms with van der Waals surface area (Å²) in [5.41, 5.74) is 2.96. The SMILES string of the molecule is Cc1cc(Cl)ccc1OCc1ccc(C#CCO)cc1. The van der Waals surface area contributed by atoms with Gasteiger partial charge in [-0.3, -0.25) is 0 Å². The first-order valence-electron chi connectivity index (χ1n) is 6.26. The molecule has 0 amide bonds. The van der Waals surface area contributed by atoms with Gasteiger partial charge in [-0.25, -0.2) is 0 Å². The highest BCUT2D eigenvalue weighted by Crippen LogP contribution is 2.22. The molecule has 0 radical (unpaired) electrons. The molecule has 0 aromatic heterocycles. The van der Waals surface area contributed by atoms with Crippen LogP contribution in [0.5, 0.6) is 5.75 Å². The van der Waals surface area contributed by atoms with Gasteiger partial charge in [0.05, 0.1) is 0 Å². The van der Waals surface area contributed by atoms with E-state index in [-0.39, 0.29) is 6.61 Å². The van der Waals surface area contributed by atoms with E-state index in [0.717, 1.165) is 22.4 Å². The van der Waals surface area contributed by atoms with E-state index < -0.39 is 0 Å². The lowest BCUT2D eigenvalue weighted by Gasteiger charge is -2.09. The summed E-state index contributed by atoms with van der Waals surface area (Å²) in [7, 11) is 0. The minimum absolute atomic E-state index is 0.124. The van der Waals surface area contributed by atoms with Gasteiger partial charge in [0.1, 0.15) is 19.0 Å². The fraction of sp³-hybridized carbons (Fsp3) is 0.176. The predicted octanol–water partition coefficient (Wildman–Crippen LogP) is 3.57. The van der Waals surface area contributed by atoms with Crippen LogP contribution in [0, 0.1) is 18.8 Å². The maximum Gasteiger partial charge on any atom is 0.122 e. The van der Waals surface area contributed by atoms with Gasteiger partial charge in [-0.1, -0.05) is 35.6 Å². The van der Waals surface area contributed by atoms with Crippen molar-refractivity contribution in [1.82, 2.24) is 0 Å². The van der Waals surface area contributed by atoms with Crippen LogP contribution in [-0.4, -0.2) is 11.7 Å². The van der Waals surface area contributed by atoms with Gasteiger partial charge in [-0.2, -0.15) is 0 Å². The molecule has 0 atom stereocenters. The molecule has 0 aliphatic rings. The van der Waals surface area contributed by atoms with Gasteiger partial charge in [0.15, 0.2) is 0 Å². The molecule has 0 aliphatic heterocycles. The normalized spacial score (nSPS) is 9.75. The minimum Gasteiger partial charge on any atom is -0.489 e. The zero-order valence-electron chi connectivity index (χ0n) is 11.2. The molecule has 0 bridgehead atoms. The topological polar surface area (TPSA) is 29.5 Å². The number of hydrogen-bond donors (Lipinski definition) is 1. The third kappa shape index (κ3) is 4.03. The van der Waals surface area contributed by atoms with Crippen molar-refractivity contribution < 1.29 is 9.84 Å². The summed E-state index contributed by atoms with van der Waals surface area (Å²) in [4.78, 5) is 0. The molecule has 20 heavy (non-hydrogen) atoms. The second-order valence-corrected chi connectivity index (χ2v) is 4.79. The van der Waals surface area contributed by atoms with Gasteiger partial charge in [0.2, 0.25) is 0 Å². The Balaban J connectivity index is 2.00. The molecule has 3 heteroatoms. The van der Waals surface area contributed by atoms with Crippen molar-refractivity contribution in [2.24, 2.45) is 0 Å². The van der Waals surface area contributed by atoms with Crippen LogP contribution in [0.2, 0.25) is 5.02 Å². The molecule has 0 aliphatic carbocycles. The van der Waals surface area contributed by atoms with Gasteiger partial charge >= 0.3 is 0 Å². The van der Waals surface area contributed by atoms with E-state index in [1.54, 1.807) is 0 Å². The summed E-state index contributed by atoms with van der Waals surface area (Å²) in [6.45, 7) is 2.34. The first-order chi connectivity index (χ1) is 9.69. The maximum absolute atomic E-state index is 8.63. The quantitative estimate of drug-likeness (QED) is 0.874. The Labute approximate surface area is 124 Å². The molecule has 0 unspecified atom stereocenters. The molecule has 2 rings (SSSR count). The number of ether oxygens (including phenoxy) is 1. The van der Waals surface area contributed by atoms with Gasteiger partial charge in [-0.15, -0.1) is 0 Å². The largest absolute Gasteiger partial charge is 0.489 e. The smallest absolute Gasteiger partial charge is 0.122 e. The Morgan fingerprint density at radius 1 is 1.15 bits per heavy atom. The number of halogens is 1. The minimum atomic E-state index is -0.124. The van der Waals surface area contributed by atoms with E-state index >= 15 is 0 Å². The van der Waals surface area contributed by atoms with Crippen LogP contribution in [0.25, 0.3) is 0 Å². The fourth-order valence-electron chi connectivity index (χ4n) is 1.76. The van der Waals surface area contributed by atoms with Crippen LogP contribution in [0.4, 0.5) is 0 Å².